The van der Waals surface area contributed by atoms with E-state index in [9.17, 15) is 0 Å². The molecule has 3 aliphatic rings. The van der Waals surface area contributed by atoms with Gasteiger partial charge in [-0.05, 0) is 122 Å². The molecule has 3 aliphatic heterocycles. The Kier molecular flexibility index (Phi) is 7.40. The van der Waals surface area contributed by atoms with Crippen molar-refractivity contribution in [2.45, 2.75) is 97.8 Å². The molecule has 54 heavy (non-hydrogen) atoms. The number of aryl methyl sites for hydroxylation is 1. The van der Waals surface area contributed by atoms with Crippen molar-refractivity contribution >= 4 is 57.2 Å². The van der Waals surface area contributed by atoms with Crippen LogP contribution in [-0.2, 0) is 21.7 Å². The fourth-order valence-electron chi connectivity index (χ4n) is 9.32. The summed E-state index contributed by atoms with van der Waals surface area (Å²) in [4.78, 5) is 5.13. The first kappa shape index (κ1) is 34.7. The van der Waals surface area contributed by atoms with Crippen LogP contribution in [0.3, 0.4) is 0 Å². The topological polar surface area (TPSA) is 6.48 Å². The van der Waals surface area contributed by atoms with E-state index in [1.54, 1.807) is 0 Å². The van der Waals surface area contributed by atoms with Crippen LogP contribution in [-0.4, -0.2) is 6.71 Å². The molecule has 0 aromatic heterocycles. The van der Waals surface area contributed by atoms with Gasteiger partial charge in [-0.2, -0.15) is 0 Å². The number of hydrogen-bond acceptors (Lipinski definition) is 2. The Hall–Kier alpha value is -5.02. The van der Waals surface area contributed by atoms with Crippen molar-refractivity contribution in [3.63, 3.8) is 0 Å². The first-order valence-electron chi connectivity index (χ1n) is 19.8. The van der Waals surface area contributed by atoms with Gasteiger partial charge in [0.05, 0.1) is 0 Å². The highest BCUT2D eigenvalue weighted by Crippen LogP contribution is 2.48. The second kappa shape index (κ2) is 11.5. The van der Waals surface area contributed by atoms with Crippen LogP contribution in [0, 0.1) is 6.92 Å². The highest BCUT2D eigenvalue weighted by Gasteiger charge is 2.45. The maximum Gasteiger partial charge on any atom is 0.252 e. The standard InChI is InChI=1S/C51H53BN2/c1-32-26-45-47-46(27-32)54-40-17-13-16-37(29-40)50(8,9)35-14-12-15-36(28-35)51(10,11)38-20-24-41(44(54)31-38)52(47)42-30-34(49(5,6)7)21-25-43(42)53(45)39-22-18-33(19-23-39)48(2,3)4/h12-31H,1-11H3. The van der Waals surface area contributed by atoms with Crippen molar-refractivity contribution in [2.24, 2.45) is 0 Å². The van der Waals surface area contributed by atoms with Crippen LogP contribution in [0.15, 0.2) is 121 Å². The van der Waals surface area contributed by atoms with Gasteiger partial charge in [0.2, 0.25) is 0 Å². The van der Waals surface area contributed by atoms with E-state index >= 15 is 0 Å². The van der Waals surface area contributed by atoms with Gasteiger partial charge >= 0.3 is 0 Å². The lowest BCUT2D eigenvalue weighted by atomic mass is 9.33. The minimum atomic E-state index is -0.197. The molecule has 0 amide bonds. The molecule has 0 spiro atoms. The zero-order valence-electron chi connectivity index (χ0n) is 34.0. The Bertz CT molecular complexity index is 2490. The van der Waals surface area contributed by atoms with Gasteiger partial charge in [-0.25, -0.2) is 0 Å². The summed E-state index contributed by atoms with van der Waals surface area (Å²) in [6.07, 6.45) is 0. The second-order valence-corrected chi connectivity index (χ2v) is 19.3. The fourth-order valence-corrected chi connectivity index (χ4v) is 9.32. The van der Waals surface area contributed by atoms with Crippen LogP contribution in [0.2, 0.25) is 0 Å². The normalized spacial score (nSPS) is 16.2. The van der Waals surface area contributed by atoms with E-state index in [1.165, 1.54) is 89.5 Å². The Morgan fingerprint density at radius 3 is 1.59 bits per heavy atom. The molecule has 0 fully saturated rings. The molecular weight excluding hydrogens is 651 g/mol. The molecule has 9 rings (SSSR count). The lowest BCUT2D eigenvalue weighted by molar-refractivity contribution is 0.590. The molecule has 0 radical (unpaired) electrons. The summed E-state index contributed by atoms with van der Waals surface area (Å²) in [5.41, 5.74) is 20.6. The van der Waals surface area contributed by atoms with Crippen LogP contribution in [0.4, 0.5) is 34.1 Å². The van der Waals surface area contributed by atoms with Crippen molar-refractivity contribution in [3.8, 4) is 0 Å². The lowest BCUT2D eigenvalue weighted by Gasteiger charge is -2.45. The third-order valence-corrected chi connectivity index (χ3v) is 12.9. The second-order valence-electron chi connectivity index (χ2n) is 19.3. The van der Waals surface area contributed by atoms with Crippen molar-refractivity contribution in [1.29, 1.82) is 0 Å². The quantitative estimate of drug-likeness (QED) is 0.157. The van der Waals surface area contributed by atoms with E-state index < -0.39 is 0 Å². The number of nitrogens with zero attached hydrogens (tertiary/aromatic N) is 2. The van der Waals surface area contributed by atoms with Gasteiger partial charge in [0, 0.05) is 45.0 Å². The zero-order chi connectivity index (χ0) is 38.1. The summed E-state index contributed by atoms with van der Waals surface area (Å²) in [6, 6.07) is 47.5. The summed E-state index contributed by atoms with van der Waals surface area (Å²) < 4.78 is 0. The molecule has 0 N–H and O–H groups in total. The van der Waals surface area contributed by atoms with Gasteiger partial charge in [-0.3, -0.25) is 0 Å². The molecule has 0 saturated heterocycles. The molecule has 0 aliphatic carbocycles. The number of benzene rings is 6. The smallest absolute Gasteiger partial charge is 0.252 e. The maximum atomic E-state index is 2.59. The largest absolute Gasteiger partial charge is 0.311 e. The predicted molar refractivity (Wildman–Crippen MR) is 233 cm³/mol. The highest BCUT2D eigenvalue weighted by molar-refractivity contribution is 7.00. The van der Waals surface area contributed by atoms with Gasteiger partial charge in [-0.15, -0.1) is 0 Å². The average Bonchev–Trinajstić information content (AvgIpc) is 3.13. The van der Waals surface area contributed by atoms with Gasteiger partial charge in [0.25, 0.3) is 6.71 Å². The van der Waals surface area contributed by atoms with E-state index in [2.05, 4.69) is 207 Å². The summed E-state index contributed by atoms with van der Waals surface area (Å²) in [5, 5.41) is 0. The molecular formula is C51H53BN2. The number of fused-ring (bicyclic) bond motifs is 10. The molecule has 0 saturated carbocycles. The molecule has 6 aromatic rings. The molecule has 0 atom stereocenters. The van der Waals surface area contributed by atoms with E-state index in [-0.39, 0.29) is 28.4 Å². The van der Waals surface area contributed by atoms with Gasteiger partial charge in [0.15, 0.2) is 0 Å². The summed E-state index contributed by atoms with van der Waals surface area (Å²) in [7, 11) is 0. The highest BCUT2D eigenvalue weighted by atomic mass is 15.2. The first-order chi connectivity index (χ1) is 25.4. The number of anilines is 6. The summed E-state index contributed by atoms with van der Waals surface area (Å²) in [5.74, 6) is 0. The molecule has 3 heteroatoms. The summed E-state index contributed by atoms with van der Waals surface area (Å²) in [6.45, 7) is 25.8. The molecule has 6 aromatic carbocycles. The molecule has 270 valence electrons. The van der Waals surface area contributed by atoms with Crippen molar-refractivity contribution in [3.05, 3.63) is 160 Å². The Morgan fingerprint density at radius 2 is 0.981 bits per heavy atom. The average molecular weight is 705 g/mol. The zero-order valence-corrected chi connectivity index (χ0v) is 34.0. The van der Waals surface area contributed by atoms with E-state index in [4.69, 9.17) is 0 Å². The van der Waals surface area contributed by atoms with Gasteiger partial charge in [0.1, 0.15) is 0 Å². The first-order valence-corrected chi connectivity index (χ1v) is 19.8. The van der Waals surface area contributed by atoms with Crippen LogP contribution < -0.4 is 26.2 Å². The molecule has 3 heterocycles. The Labute approximate surface area is 324 Å². The SMILES string of the molecule is Cc1cc2c3c(c1)N1c4cccc(c4)C(C)(C)c4cccc(c4)C(C)(C)c4ccc(c1c4)B3c1cc(C(C)(C)C)ccc1N2c1ccc(C(C)(C)C)cc1. The van der Waals surface area contributed by atoms with E-state index in [0.717, 1.165) is 0 Å². The van der Waals surface area contributed by atoms with Crippen molar-refractivity contribution in [1.82, 2.24) is 0 Å². The number of rotatable bonds is 1. The maximum absolute atomic E-state index is 2.59. The van der Waals surface area contributed by atoms with Crippen molar-refractivity contribution < 1.29 is 0 Å². The van der Waals surface area contributed by atoms with Crippen molar-refractivity contribution in [2.75, 3.05) is 9.80 Å². The van der Waals surface area contributed by atoms with Gasteiger partial charge < -0.3 is 9.80 Å². The molecule has 2 nitrogen and oxygen atoms in total. The summed E-state index contributed by atoms with van der Waals surface area (Å²) >= 11 is 0. The third kappa shape index (κ3) is 5.14. The third-order valence-electron chi connectivity index (χ3n) is 12.9. The van der Waals surface area contributed by atoms with E-state index in [0.29, 0.717) is 0 Å². The van der Waals surface area contributed by atoms with Crippen LogP contribution >= 0.6 is 0 Å². The Morgan fingerprint density at radius 1 is 0.444 bits per heavy atom. The van der Waals surface area contributed by atoms with Gasteiger partial charge in [-0.1, -0.05) is 142 Å². The number of hydrogen-bond donors (Lipinski definition) is 0. The monoisotopic (exact) mass is 704 g/mol. The van der Waals surface area contributed by atoms with E-state index in [1.807, 2.05) is 0 Å². The fraction of sp³-hybridized carbons (Fsp3) is 0.294. The predicted octanol–water partition coefficient (Wildman–Crippen LogP) is 11.6. The van der Waals surface area contributed by atoms with Crippen LogP contribution in [0.25, 0.3) is 0 Å². The minimum absolute atomic E-state index is 0.0115. The van der Waals surface area contributed by atoms with Crippen LogP contribution in [0.5, 0.6) is 0 Å². The lowest BCUT2D eigenvalue weighted by Crippen LogP contribution is -2.61. The van der Waals surface area contributed by atoms with Crippen LogP contribution in [0.1, 0.15) is 108 Å². The Balaban J connectivity index is 1.38. The molecule has 0 unspecified atom stereocenters. The molecule has 6 bridgehead atoms. The minimum Gasteiger partial charge on any atom is -0.311 e.